The smallest absolute Gasteiger partial charge is 0.312 e. The zero-order valence-corrected chi connectivity index (χ0v) is 16.3. The van der Waals surface area contributed by atoms with Gasteiger partial charge in [-0.1, -0.05) is 27.7 Å². The molecule has 2 rings (SSSR count). The van der Waals surface area contributed by atoms with E-state index in [2.05, 4.69) is 17.6 Å². The highest BCUT2D eigenvalue weighted by Crippen LogP contribution is 2.46. The molecule has 0 aromatic rings. The van der Waals surface area contributed by atoms with Crippen LogP contribution in [0.15, 0.2) is 0 Å². The van der Waals surface area contributed by atoms with E-state index in [4.69, 9.17) is 5.73 Å². The summed E-state index contributed by atoms with van der Waals surface area (Å²) in [5, 5.41) is 5.65. The normalized spacial score (nSPS) is 25.9. The maximum atomic E-state index is 12.8. The number of thioether (sulfide) groups is 1. The molecule has 0 radical (unpaired) electrons. The van der Waals surface area contributed by atoms with Crippen molar-refractivity contribution in [2.75, 3.05) is 24.6 Å². The number of fused-ring (bicyclic) bond motifs is 1. The Morgan fingerprint density at radius 2 is 1.84 bits per heavy atom. The minimum Gasteiger partial charge on any atom is -0.352 e. The zero-order valence-electron chi connectivity index (χ0n) is 15.5. The summed E-state index contributed by atoms with van der Waals surface area (Å²) < 4.78 is 0. The molecule has 1 saturated heterocycles. The Morgan fingerprint density at radius 3 is 2.32 bits per heavy atom. The third-order valence-electron chi connectivity index (χ3n) is 4.81. The van der Waals surface area contributed by atoms with E-state index in [1.54, 1.807) is 16.7 Å². The number of carbonyl (C=O) groups excluding carboxylic acids is 3. The fourth-order valence-electron chi connectivity index (χ4n) is 3.43. The molecule has 0 aromatic carbocycles. The standard InChI is InChI=1S/C17H30N4O3S/c1-5-6-25-9-12(22)19-13-10-7-21(8-11(10)13)15(23)14(17(2,3)4)20-16(18)24/h10-11,13-14H,5-9H2,1-4H3,(H,19,22)(H3,18,20,24)/t10-,11+,13?,14?. The Balaban J connectivity index is 1.82. The first-order valence-corrected chi connectivity index (χ1v) is 10.0. The zero-order chi connectivity index (χ0) is 18.8. The molecule has 4 N–H and O–H groups in total. The Bertz CT molecular complexity index is 522. The van der Waals surface area contributed by atoms with Crippen LogP contribution >= 0.6 is 11.8 Å². The van der Waals surface area contributed by atoms with Gasteiger partial charge in [-0.15, -0.1) is 0 Å². The van der Waals surface area contributed by atoms with Gasteiger partial charge in [-0.2, -0.15) is 11.8 Å². The van der Waals surface area contributed by atoms with Crippen LogP contribution in [0.1, 0.15) is 34.1 Å². The first-order chi connectivity index (χ1) is 11.6. The molecule has 1 aliphatic heterocycles. The van der Waals surface area contributed by atoms with Gasteiger partial charge in [0.1, 0.15) is 6.04 Å². The van der Waals surface area contributed by atoms with Crippen molar-refractivity contribution in [3.8, 4) is 0 Å². The fraction of sp³-hybridized carbons (Fsp3) is 0.824. The number of hydrogen-bond donors (Lipinski definition) is 3. The lowest BCUT2D eigenvalue weighted by Crippen LogP contribution is -2.56. The van der Waals surface area contributed by atoms with E-state index in [1.165, 1.54) is 0 Å². The summed E-state index contributed by atoms with van der Waals surface area (Å²) in [6, 6.07) is -1.13. The number of primary amides is 1. The molecule has 1 aliphatic carbocycles. The maximum absolute atomic E-state index is 12.8. The number of nitrogens with two attached hydrogens (primary N) is 1. The summed E-state index contributed by atoms with van der Waals surface area (Å²) >= 11 is 1.65. The summed E-state index contributed by atoms with van der Waals surface area (Å²) in [5.41, 5.74) is 4.81. The number of amides is 4. The Kier molecular flexibility index (Phi) is 6.24. The summed E-state index contributed by atoms with van der Waals surface area (Å²) in [5.74, 6) is 2.15. The van der Waals surface area contributed by atoms with Gasteiger partial charge in [0, 0.05) is 31.0 Å². The predicted molar refractivity (Wildman–Crippen MR) is 99.1 cm³/mol. The second kappa shape index (κ2) is 7.85. The molecular weight excluding hydrogens is 340 g/mol. The van der Waals surface area contributed by atoms with Crippen LogP contribution in [0, 0.1) is 17.3 Å². The van der Waals surface area contributed by atoms with Crippen molar-refractivity contribution in [2.45, 2.75) is 46.2 Å². The van der Waals surface area contributed by atoms with Crippen LogP contribution in [0.25, 0.3) is 0 Å². The average molecular weight is 371 g/mol. The fourth-order valence-corrected chi connectivity index (χ4v) is 4.13. The molecule has 142 valence electrons. The van der Waals surface area contributed by atoms with E-state index < -0.39 is 17.5 Å². The van der Waals surface area contributed by atoms with E-state index in [9.17, 15) is 14.4 Å². The number of piperidine rings is 1. The number of hydrogen-bond acceptors (Lipinski definition) is 4. The van der Waals surface area contributed by atoms with Crippen molar-refractivity contribution in [3.05, 3.63) is 0 Å². The van der Waals surface area contributed by atoms with Crippen LogP contribution in [0.5, 0.6) is 0 Å². The van der Waals surface area contributed by atoms with Crippen LogP contribution in [0.2, 0.25) is 0 Å². The Labute approximate surface area is 153 Å². The van der Waals surface area contributed by atoms with Crippen molar-refractivity contribution in [3.63, 3.8) is 0 Å². The number of likely N-dealkylation sites (tertiary alicyclic amines) is 1. The molecule has 2 fully saturated rings. The molecule has 25 heavy (non-hydrogen) atoms. The lowest BCUT2D eigenvalue weighted by molar-refractivity contribution is -0.135. The molecule has 0 spiro atoms. The van der Waals surface area contributed by atoms with Crippen LogP contribution in [-0.4, -0.2) is 59.4 Å². The first kappa shape index (κ1) is 19.9. The summed E-state index contributed by atoms with van der Waals surface area (Å²) in [4.78, 5) is 37.7. The molecule has 4 atom stereocenters. The van der Waals surface area contributed by atoms with E-state index in [0.29, 0.717) is 30.7 Å². The minimum atomic E-state index is -0.688. The number of nitrogens with zero attached hydrogens (tertiary/aromatic N) is 1. The average Bonchev–Trinajstić information content (AvgIpc) is 2.94. The summed E-state index contributed by atoms with van der Waals surface area (Å²) in [6.07, 6.45) is 1.07. The Morgan fingerprint density at radius 1 is 1.24 bits per heavy atom. The van der Waals surface area contributed by atoms with Gasteiger partial charge in [-0.25, -0.2) is 4.79 Å². The molecule has 0 aromatic heterocycles. The monoisotopic (exact) mass is 370 g/mol. The molecule has 1 saturated carbocycles. The van der Waals surface area contributed by atoms with Gasteiger partial charge in [-0.3, -0.25) is 9.59 Å². The summed E-state index contributed by atoms with van der Waals surface area (Å²) in [7, 11) is 0. The van der Waals surface area contributed by atoms with Gasteiger partial charge in [0.2, 0.25) is 11.8 Å². The molecular formula is C17H30N4O3S. The van der Waals surface area contributed by atoms with Gasteiger partial charge in [-0.05, 0) is 17.6 Å². The number of rotatable bonds is 7. The number of nitrogens with one attached hydrogen (secondary N) is 2. The van der Waals surface area contributed by atoms with Crippen LogP contribution in [0.4, 0.5) is 4.79 Å². The van der Waals surface area contributed by atoms with E-state index in [0.717, 1.165) is 12.2 Å². The highest BCUT2D eigenvalue weighted by atomic mass is 32.2. The second-order valence-corrected chi connectivity index (χ2v) is 9.13. The number of urea groups is 1. The number of carbonyl (C=O) groups is 3. The van der Waals surface area contributed by atoms with Gasteiger partial charge in [0.25, 0.3) is 0 Å². The SMILES string of the molecule is CCCSCC(=O)NC1[C@H]2CN(C(=O)C(NC(N)=O)C(C)(C)C)C[C@@H]12. The van der Waals surface area contributed by atoms with Crippen molar-refractivity contribution in [1.82, 2.24) is 15.5 Å². The van der Waals surface area contributed by atoms with E-state index >= 15 is 0 Å². The van der Waals surface area contributed by atoms with Crippen molar-refractivity contribution < 1.29 is 14.4 Å². The van der Waals surface area contributed by atoms with Crippen molar-refractivity contribution >= 4 is 29.6 Å². The topological polar surface area (TPSA) is 105 Å². The molecule has 1 heterocycles. The Hall–Kier alpha value is -1.44. The minimum absolute atomic E-state index is 0.0821. The molecule has 7 nitrogen and oxygen atoms in total. The largest absolute Gasteiger partial charge is 0.352 e. The van der Waals surface area contributed by atoms with Crippen molar-refractivity contribution in [1.29, 1.82) is 0 Å². The molecule has 0 bridgehead atoms. The molecule has 8 heteroatoms. The van der Waals surface area contributed by atoms with Gasteiger partial charge >= 0.3 is 6.03 Å². The lowest BCUT2D eigenvalue weighted by Gasteiger charge is -2.33. The van der Waals surface area contributed by atoms with E-state index in [1.807, 2.05) is 20.8 Å². The molecule has 2 unspecified atom stereocenters. The highest BCUT2D eigenvalue weighted by molar-refractivity contribution is 7.99. The first-order valence-electron chi connectivity index (χ1n) is 8.87. The van der Waals surface area contributed by atoms with E-state index in [-0.39, 0.29) is 17.9 Å². The molecule has 2 aliphatic rings. The third-order valence-corrected chi connectivity index (χ3v) is 5.98. The van der Waals surface area contributed by atoms with Gasteiger partial charge < -0.3 is 21.3 Å². The second-order valence-electron chi connectivity index (χ2n) is 8.02. The van der Waals surface area contributed by atoms with Crippen LogP contribution in [0.3, 0.4) is 0 Å². The van der Waals surface area contributed by atoms with Crippen LogP contribution < -0.4 is 16.4 Å². The third kappa shape index (κ3) is 5.03. The van der Waals surface area contributed by atoms with Gasteiger partial charge in [0.05, 0.1) is 5.75 Å². The van der Waals surface area contributed by atoms with Crippen LogP contribution in [-0.2, 0) is 9.59 Å². The molecule has 4 amide bonds. The lowest BCUT2D eigenvalue weighted by atomic mass is 9.86. The predicted octanol–water partition coefficient (Wildman–Crippen LogP) is 0.786. The summed E-state index contributed by atoms with van der Waals surface area (Å²) in [6.45, 7) is 9.06. The highest BCUT2D eigenvalue weighted by Gasteiger charge is 2.58. The maximum Gasteiger partial charge on any atom is 0.312 e. The quantitative estimate of drug-likeness (QED) is 0.576. The van der Waals surface area contributed by atoms with Gasteiger partial charge in [0.15, 0.2) is 0 Å². The van der Waals surface area contributed by atoms with Crippen molar-refractivity contribution in [2.24, 2.45) is 23.0 Å².